The Bertz CT molecular complexity index is 468. The number of piperidine rings is 1. The van der Waals surface area contributed by atoms with Crippen LogP contribution in [0.25, 0.3) is 0 Å². The number of alkyl halides is 3. The van der Waals surface area contributed by atoms with Crippen LogP contribution in [-0.2, 0) is 5.60 Å². The Morgan fingerprint density at radius 1 is 1.29 bits per heavy atom. The molecule has 2 unspecified atom stereocenters. The first-order chi connectivity index (χ1) is 9.78. The van der Waals surface area contributed by atoms with Gasteiger partial charge in [0.2, 0.25) is 0 Å². The van der Waals surface area contributed by atoms with E-state index < -0.39 is 12.0 Å². The lowest BCUT2D eigenvalue weighted by Crippen LogP contribution is -2.40. The van der Waals surface area contributed by atoms with Gasteiger partial charge in [0.15, 0.2) is 0 Å². The summed E-state index contributed by atoms with van der Waals surface area (Å²) in [4.78, 5) is 0. The van der Waals surface area contributed by atoms with E-state index in [0.29, 0.717) is 6.42 Å². The van der Waals surface area contributed by atoms with Gasteiger partial charge in [-0.05, 0) is 38.8 Å². The van der Waals surface area contributed by atoms with Gasteiger partial charge in [0, 0.05) is 11.6 Å². The summed E-state index contributed by atoms with van der Waals surface area (Å²) >= 11 is 0. The summed E-state index contributed by atoms with van der Waals surface area (Å²) in [5, 5.41) is 13.9. The van der Waals surface area contributed by atoms with Crippen LogP contribution in [-0.4, -0.2) is 24.1 Å². The first kappa shape index (κ1) is 16.1. The highest BCUT2D eigenvalue weighted by atomic mass is 19.4. The molecule has 0 spiro atoms. The van der Waals surface area contributed by atoms with E-state index in [9.17, 15) is 18.3 Å². The van der Waals surface area contributed by atoms with Crippen LogP contribution in [0.15, 0.2) is 24.3 Å². The summed E-state index contributed by atoms with van der Waals surface area (Å²) in [5.74, 6) is -0.342. The van der Waals surface area contributed by atoms with Gasteiger partial charge in [-0.25, -0.2) is 0 Å². The fourth-order valence-electron chi connectivity index (χ4n) is 2.81. The summed E-state index contributed by atoms with van der Waals surface area (Å²) < 4.78 is 41.4. The van der Waals surface area contributed by atoms with E-state index in [1.807, 2.05) is 0 Å². The van der Waals surface area contributed by atoms with Gasteiger partial charge in [-0.3, -0.25) is 0 Å². The SMILES string of the molecule is CC(O)(CC1CCCCN1)c1ccccc1OC(F)(F)F. The molecule has 21 heavy (non-hydrogen) atoms. The van der Waals surface area contributed by atoms with Gasteiger partial charge in [-0.1, -0.05) is 24.6 Å². The van der Waals surface area contributed by atoms with E-state index in [2.05, 4.69) is 10.1 Å². The number of hydrogen-bond acceptors (Lipinski definition) is 3. The number of nitrogens with one attached hydrogen (secondary N) is 1. The first-order valence-corrected chi connectivity index (χ1v) is 7.09. The predicted octanol–water partition coefficient (Wildman–Crippen LogP) is 3.32. The Balaban J connectivity index is 2.18. The van der Waals surface area contributed by atoms with Crippen LogP contribution in [0.2, 0.25) is 0 Å². The van der Waals surface area contributed by atoms with Crippen molar-refractivity contribution in [3.63, 3.8) is 0 Å². The molecule has 2 atom stereocenters. The summed E-state index contributed by atoms with van der Waals surface area (Å²) in [6, 6.07) is 5.86. The van der Waals surface area contributed by atoms with E-state index in [1.165, 1.54) is 25.1 Å². The lowest BCUT2D eigenvalue weighted by atomic mass is 9.86. The van der Waals surface area contributed by atoms with Crippen molar-refractivity contribution in [2.45, 2.75) is 50.6 Å². The summed E-state index contributed by atoms with van der Waals surface area (Å²) in [7, 11) is 0. The Morgan fingerprint density at radius 3 is 2.62 bits per heavy atom. The van der Waals surface area contributed by atoms with Gasteiger partial charge >= 0.3 is 6.36 Å². The minimum absolute atomic E-state index is 0.104. The van der Waals surface area contributed by atoms with E-state index in [-0.39, 0.29) is 17.4 Å². The molecule has 1 heterocycles. The van der Waals surface area contributed by atoms with Gasteiger partial charge in [0.25, 0.3) is 0 Å². The molecular formula is C15H20F3NO2. The molecular weight excluding hydrogens is 283 g/mol. The molecule has 0 aromatic heterocycles. The highest BCUT2D eigenvalue weighted by molar-refractivity contribution is 5.38. The Morgan fingerprint density at radius 2 is 2.00 bits per heavy atom. The highest BCUT2D eigenvalue weighted by Crippen LogP contribution is 2.36. The molecule has 6 heteroatoms. The predicted molar refractivity (Wildman–Crippen MR) is 73.0 cm³/mol. The molecule has 1 aliphatic heterocycles. The van der Waals surface area contributed by atoms with Crippen molar-refractivity contribution in [1.82, 2.24) is 5.32 Å². The second-order valence-electron chi connectivity index (χ2n) is 5.67. The minimum atomic E-state index is -4.77. The highest BCUT2D eigenvalue weighted by Gasteiger charge is 2.36. The smallest absolute Gasteiger partial charge is 0.405 e. The molecule has 2 N–H and O–H groups in total. The molecule has 1 fully saturated rings. The topological polar surface area (TPSA) is 41.5 Å². The van der Waals surface area contributed by atoms with Crippen LogP contribution < -0.4 is 10.1 Å². The second-order valence-corrected chi connectivity index (χ2v) is 5.67. The van der Waals surface area contributed by atoms with Crippen molar-refractivity contribution in [2.75, 3.05) is 6.54 Å². The van der Waals surface area contributed by atoms with Gasteiger partial charge in [-0.15, -0.1) is 13.2 Å². The average Bonchev–Trinajstić information content (AvgIpc) is 2.38. The molecule has 3 nitrogen and oxygen atoms in total. The van der Waals surface area contributed by atoms with E-state index in [0.717, 1.165) is 25.8 Å². The number of aliphatic hydroxyl groups is 1. The summed E-state index contributed by atoms with van der Waals surface area (Å²) in [6.45, 7) is 2.41. The first-order valence-electron chi connectivity index (χ1n) is 7.09. The third kappa shape index (κ3) is 4.61. The van der Waals surface area contributed by atoms with Crippen molar-refractivity contribution in [3.8, 4) is 5.75 Å². The molecule has 0 bridgehead atoms. The number of rotatable bonds is 4. The zero-order valence-corrected chi connectivity index (χ0v) is 11.9. The molecule has 1 aromatic rings. The van der Waals surface area contributed by atoms with Crippen molar-refractivity contribution >= 4 is 0 Å². The standard InChI is InChI=1S/C15H20F3NO2/c1-14(20,10-11-6-4-5-9-19-11)12-7-2-3-8-13(12)21-15(16,17)18/h2-3,7-8,11,19-20H,4-6,9-10H2,1H3. The van der Waals surface area contributed by atoms with Crippen LogP contribution in [0.5, 0.6) is 5.75 Å². The average molecular weight is 303 g/mol. The third-order valence-corrected chi connectivity index (χ3v) is 3.75. The zero-order chi connectivity index (χ0) is 15.5. The largest absolute Gasteiger partial charge is 0.573 e. The van der Waals surface area contributed by atoms with Crippen molar-refractivity contribution < 1.29 is 23.0 Å². The number of benzene rings is 1. The van der Waals surface area contributed by atoms with E-state index in [4.69, 9.17) is 0 Å². The van der Waals surface area contributed by atoms with E-state index >= 15 is 0 Å². The molecule has 0 amide bonds. The van der Waals surface area contributed by atoms with Crippen molar-refractivity contribution in [1.29, 1.82) is 0 Å². The Kier molecular flexibility index (Phi) is 4.78. The molecule has 0 radical (unpaired) electrons. The number of para-hydroxylation sites is 1. The number of halogens is 3. The maximum atomic E-state index is 12.5. The number of hydrogen-bond donors (Lipinski definition) is 2. The second kappa shape index (κ2) is 6.23. The van der Waals surface area contributed by atoms with Gasteiger partial charge in [0.1, 0.15) is 5.75 Å². The lowest BCUT2D eigenvalue weighted by molar-refractivity contribution is -0.275. The maximum Gasteiger partial charge on any atom is 0.573 e. The van der Waals surface area contributed by atoms with Gasteiger partial charge in [0.05, 0.1) is 5.60 Å². The molecule has 1 aromatic carbocycles. The van der Waals surface area contributed by atoms with E-state index in [1.54, 1.807) is 6.07 Å². The van der Waals surface area contributed by atoms with Crippen LogP contribution in [0.4, 0.5) is 13.2 Å². The summed E-state index contributed by atoms with van der Waals surface area (Å²) in [5.41, 5.74) is -1.22. The normalized spacial score (nSPS) is 22.6. The Labute approximate surface area is 122 Å². The zero-order valence-electron chi connectivity index (χ0n) is 11.9. The maximum absolute atomic E-state index is 12.5. The van der Waals surface area contributed by atoms with Crippen LogP contribution in [0.1, 0.15) is 38.2 Å². The Hall–Kier alpha value is -1.27. The quantitative estimate of drug-likeness (QED) is 0.896. The van der Waals surface area contributed by atoms with Crippen LogP contribution in [0, 0.1) is 0 Å². The van der Waals surface area contributed by atoms with Gasteiger partial charge in [-0.2, -0.15) is 0 Å². The molecule has 118 valence electrons. The van der Waals surface area contributed by atoms with Crippen LogP contribution >= 0.6 is 0 Å². The minimum Gasteiger partial charge on any atom is -0.405 e. The summed E-state index contributed by atoms with van der Waals surface area (Å²) in [6.07, 6.45) is -1.35. The fraction of sp³-hybridized carbons (Fsp3) is 0.600. The molecule has 0 saturated carbocycles. The molecule has 1 saturated heterocycles. The van der Waals surface area contributed by atoms with Crippen LogP contribution in [0.3, 0.4) is 0 Å². The molecule has 0 aliphatic carbocycles. The molecule has 1 aliphatic rings. The fourth-order valence-corrected chi connectivity index (χ4v) is 2.81. The van der Waals surface area contributed by atoms with Gasteiger partial charge < -0.3 is 15.2 Å². The number of ether oxygens (including phenoxy) is 1. The lowest BCUT2D eigenvalue weighted by Gasteiger charge is -2.32. The monoisotopic (exact) mass is 303 g/mol. The van der Waals surface area contributed by atoms with Crippen molar-refractivity contribution in [3.05, 3.63) is 29.8 Å². The van der Waals surface area contributed by atoms with Crippen molar-refractivity contribution in [2.24, 2.45) is 0 Å². The third-order valence-electron chi connectivity index (χ3n) is 3.75. The molecule has 2 rings (SSSR count).